The van der Waals surface area contributed by atoms with Gasteiger partial charge in [0, 0.05) is 11.3 Å². The van der Waals surface area contributed by atoms with Gasteiger partial charge in [0.05, 0.1) is 24.9 Å². The molecule has 4 nitrogen and oxygen atoms in total. The molecule has 0 amide bonds. The number of esters is 1. The summed E-state index contributed by atoms with van der Waals surface area (Å²) >= 11 is 1.63. The maximum absolute atomic E-state index is 11.5. The Bertz CT molecular complexity index is 365. The minimum Gasteiger partial charge on any atom is -0.467 e. The van der Waals surface area contributed by atoms with Gasteiger partial charge in [-0.3, -0.25) is 0 Å². The molecule has 0 aliphatic heterocycles. The van der Waals surface area contributed by atoms with E-state index in [4.69, 9.17) is 9.47 Å². The molecule has 0 aromatic carbocycles. The molecule has 102 valence electrons. The molecule has 0 spiro atoms. The summed E-state index contributed by atoms with van der Waals surface area (Å²) in [5.74, 6) is -0.274. The van der Waals surface area contributed by atoms with Crippen LogP contribution >= 0.6 is 11.3 Å². The fourth-order valence-electron chi connectivity index (χ4n) is 1.65. The van der Waals surface area contributed by atoms with Crippen molar-refractivity contribution in [1.29, 1.82) is 0 Å². The van der Waals surface area contributed by atoms with Crippen molar-refractivity contribution in [3.63, 3.8) is 0 Å². The summed E-state index contributed by atoms with van der Waals surface area (Å²) in [6.07, 6.45) is 3.12. The third-order valence-electron chi connectivity index (χ3n) is 2.78. The quantitative estimate of drug-likeness (QED) is 0.682. The zero-order valence-electron chi connectivity index (χ0n) is 11.3. The first kappa shape index (κ1) is 15.1. The van der Waals surface area contributed by atoms with E-state index in [-0.39, 0.29) is 5.97 Å². The van der Waals surface area contributed by atoms with E-state index in [1.165, 1.54) is 12.0 Å². The van der Waals surface area contributed by atoms with E-state index in [2.05, 4.69) is 11.9 Å². The van der Waals surface area contributed by atoms with Crippen molar-refractivity contribution in [1.82, 2.24) is 4.98 Å². The number of methoxy groups -OCH3 is 1. The normalized spacial score (nSPS) is 12.4. The number of hydrogen-bond acceptors (Lipinski definition) is 5. The molecule has 0 fully saturated rings. The summed E-state index contributed by atoms with van der Waals surface area (Å²) < 4.78 is 10.4. The van der Waals surface area contributed by atoms with Crippen LogP contribution in [0.15, 0.2) is 5.51 Å². The van der Waals surface area contributed by atoms with E-state index in [1.807, 2.05) is 12.4 Å². The van der Waals surface area contributed by atoms with Gasteiger partial charge >= 0.3 is 5.97 Å². The highest BCUT2D eigenvalue weighted by Crippen LogP contribution is 2.14. The van der Waals surface area contributed by atoms with E-state index in [0.717, 1.165) is 31.4 Å². The van der Waals surface area contributed by atoms with Crippen molar-refractivity contribution in [2.24, 2.45) is 0 Å². The predicted molar refractivity (Wildman–Crippen MR) is 71.8 cm³/mol. The number of unbranched alkanes of at least 4 members (excludes halogenated alkanes) is 1. The largest absolute Gasteiger partial charge is 0.467 e. The minimum atomic E-state index is -0.428. The van der Waals surface area contributed by atoms with Crippen molar-refractivity contribution in [3.8, 4) is 0 Å². The van der Waals surface area contributed by atoms with Gasteiger partial charge in [0.2, 0.25) is 0 Å². The molecule has 1 aromatic heterocycles. The van der Waals surface area contributed by atoms with Gasteiger partial charge < -0.3 is 9.47 Å². The summed E-state index contributed by atoms with van der Waals surface area (Å²) in [6, 6.07) is 0. The van der Waals surface area contributed by atoms with E-state index >= 15 is 0 Å². The second kappa shape index (κ2) is 8.21. The van der Waals surface area contributed by atoms with Crippen molar-refractivity contribution < 1.29 is 14.3 Å². The number of ether oxygens (including phenoxy) is 2. The number of carbonyl (C=O) groups excluding carboxylic acids is 1. The maximum Gasteiger partial charge on any atom is 0.334 e. The Hall–Kier alpha value is -0.940. The van der Waals surface area contributed by atoms with Crippen LogP contribution in [0.25, 0.3) is 0 Å². The Kier molecular flexibility index (Phi) is 6.90. The van der Waals surface area contributed by atoms with Crippen LogP contribution in [0.2, 0.25) is 0 Å². The number of carbonyl (C=O) groups is 1. The third-order valence-corrected chi connectivity index (χ3v) is 3.77. The van der Waals surface area contributed by atoms with Crippen molar-refractivity contribution in [3.05, 3.63) is 16.1 Å². The first-order valence-corrected chi connectivity index (χ1v) is 7.15. The number of rotatable bonds is 8. The van der Waals surface area contributed by atoms with E-state index in [9.17, 15) is 4.79 Å². The molecule has 0 aliphatic carbocycles. The maximum atomic E-state index is 11.5. The second-order valence-corrected chi connectivity index (χ2v) is 5.08. The van der Waals surface area contributed by atoms with Crippen LogP contribution in [0.3, 0.4) is 0 Å². The van der Waals surface area contributed by atoms with Crippen LogP contribution in [0.4, 0.5) is 0 Å². The molecule has 0 radical (unpaired) electrons. The van der Waals surface area contributed by atoms with Gasteiger partial charge in [-0.15, -0.1) is 11.3 Å². The highest BCUT2D eigenvalue weighted by atomic mass is 32.1. The zero-order chi connectivity index (χ0) is 13.4. The van der Waals surface area contributed by atoms with Crippen LogP contribution < -0.4 is 0 Å². The van der Waals surface area contributed by atoms with Gasteiger partial charge in [-0.25, -0.2) is 9.78 Å². The number of hydrogen-bond donors (Lipinski definition) is 0. The molecule has 0 aliphatic rings. The van der Waals surface area contributed by atoms with Crippen LogP contribution in [-0.4, -0.2) is 30.8 Å². The molecule has 0 bridgehead atoms. The molecule has 5 heteroatoms. The average molecular weight is 271 g/mol. The molecule has 1 heterocycles. The highest BCUT2D eigenvalue weighted by Gasteiger charge is 2.19. The number of aromatic nitrogens is 1. The molecule has 0 saturated heterocycles. The Balaban J connectivity index is 2.37. The summed E-state index contributed by atoms with van der Waals surface area (Å²) in [6.45, 7) is 4.61. The molecule has 0 saturated carbocycles. The molecule has 1 rings (SSSR count). The summed E-state index contributed by atoms with van der Waals surface area (Å²) in [5, 5.41) is 0. The summed E-state index contributed by atoms with van der Waals surface area (Å²) in [7, 11) is 1.40. The van der Waals surface area contributed by atoms with Crippen LogP contribution in [-0.2, 0) is 20.7 Å². The first-order chi connectivity index (χ1) is 8.69. The first-order valence-electron chi connectivity index (χ1n) is 6.27. The molecule has 1 unspecified atom stereocenters. The fourth-order valence-corrected chi connectivity index (χ4v) is 2.41. The van der Waals surface area contributed by atoms with Crippen LogP contribution in [0, 0.1) is 6.92 Å². The fraction of sp³-hybridized carbons (Fsp3) is 0.692. The van der Waals surface area contributed by atoms with Gasteiger partial charge in [-0.1, -0.05) is 19.8 Å². The lowest BCUT2D eigenvalue weighted by Crippen LogP contribution is -2.26. The van der Waals surface area contributed by atoms with Crippen molar-refractivity contribution >= 4 is 17.3 Å². The summed E-state index contributed by atoms with van der Waals surface area (Å²) in [5.41, 5.74) is 2.88. The topological polar surface area (TPSA) is 48.4 Å². The van der Waals surface area contributed by atoms with Gasteiger partial charge in [-0.05, 0) is 13.3 Å². The Morgan fingerprint density at radius 3 is 2.89 bits per heavy atom. The predicted octanol–water partition coefficient (Wildman–Crippen LogP) is 2.74. The van der Waals surface area contributed by atoms with Gasteiger partial charge in [0.15, 0.2) is 6.10 Å². The highest BCUT2D eigenvalue weighted by molar-refractivity contribution is 7.09. The molecular weight excluding hydrogens is 250 g/mol. The van der Waals surface area contributed by atoms with Crippen molar-refractivity contribution in [2.75, 3.05) is 13.7 Å². The lowest BCUT2D eigenvalue weighted by molar-refractivity contribution is -0.154. The monoisotopic (exact) mass is 271 g/mol. The van der Waals surface area contributed by atoms with Crippen LogP contribution in [0.5, 0.6) is 0 Å². The van der Waals surface area contributed by atoms with E-state index in [1.54, 1.807) is 11.3 Å². The molecule has 1 atom stereocenters. The Morgan fingerprint density at radius 2 is 2.33 bits per heavy atom. The standard InChI is InChI=1S/C13H21NO3S/c1-4-5-6-11(13(15)16-3)17-8-7-12-10(2)14-9-18-12/h9,11H,4-8H2,1-3H3. The average Bonchev–Trinajstić information content (AvgIpc) is 2.78. The number of thiazole rings is 1. The molecule has 18 heavy (non-hydrogen) atoms. The summed E-state index contributed by atoms with van der Waals surface area (Å²) in [4.78, 5) is 16.9. The van der Waals surface area contributed by atoms with E-state index in [0.29, 0.717) is 6.61 Å². The van der Waals surface area contributed by atoms with E-state index < -0.39 is 6.10 Å². The second-order valence-electron chi connectivity index (χ2n) is 4.14. The van der Waals surface area contributed by atoms with Crippen LogP contribution in [0.1, 0.15) is 36.8 Å². The smallest absolute Gasteiger partial charge is 0.334 e. The van der Waals surface area contributed by atoms with Crippen molar-refractivity contribution in [2.45, 2.75) is 45.6 Å². The number of nitrogens with zero attached hydrogens (tertiary/aromatic N) is 1. The lowest BCUT2D eigenvalue weighted by Gasteiger charge is -2.15. The van der Waals surface area contributed by atoms with Gasteiger partial charge in [0.25, 0.3) is 0 Å². The molecule has 0 N–H and O–H groups in total. The molecular formula is C13H21NO3S. The zero-order valence-corrected chi connectivity index (χ0v) is 12.1. The number of aryl methyl sites for hydroxylation is 1. The molecule has 1 aromatic rings. The van der Waals surface area contributed by atoms with Gasteiger partial charge in [0.1, 0.15) is 0 Å². The minimum absolute atomic E-state index is 0.274. The SMILES string of the molecule is CCCCC(OCCc1scnc1C)C(=O)OC. The lowest BCUT2D eigenvalue weighted by atomic mass is 10.1. The van der Waals surface area contributed by atoms with Gasteiger partial charge in [-0.2, -0.15) is 0 Å². The Morgan fingerprint density at radius 1 is 1.56 bits per heavy atom. The Labute approximate surface area is 112 Å². The third kappa shape index (κ3) is 4.74.